The zero-order chi connectivity index (χ0) is 16.9. The lowest BCUT2D eigenvalue weighted by atomic mass is 10.2. The molecular weight excluding hydrogens is 429 g/mol. The number of ether oxygens (including phenoxy) is 1. The minimum atomic E-state index is -3.65. The first-order chi connectivity index (χ1) is 10.9. The molecule has 0 radical (unpaired) electrons. The van der Waals surface area contributed by atoms with Crippen molar-refractivity contribution in [3.8, 4) is 0 Å². The summed E-state index contributed by atoms with van der Waals surface area (Å²) in [6.45, 7) is 2.27. The van der Waals surface area contributed by atoms with Crippen LogP contribution < -0.4 is 4.72 Å². The van der Waals surface area contributed by atoms with Crippen molar-refractivity contribution in [3.05, 3.63) is 57.7 Å². The molecule has 0 aromatic heterocycles. The highest BCUT2D eigenvalue weighted by Crippen LogP contribution is 2.18. The molecule has 0 aliphatic heterocycles. The Morgan fingerprint density at radius 2 is 1.70 bits per heavy atom. The van der Waals surface area contributed by atoms with Crippen LogP contribution in [0.2, 0.25) is 0 Å². The third-order valence-electron chi connectivity index (χ3n) is 2.93. The van der Waals surface area contributed by atoms with Crippen molar-refractivity contribution in [3.63, 3.8) is 0 Å². The molecule has 0 heterocycles. The van der Waals surface area contributed by atoms with Crippen LogP contribution >= 0.6 is 22.6 Å². The smallest absolute Gasteiger partial charge is 0.338 e. The maximum Gasteiger partial charge on any atom is 0.338 e. The summed E-state index contributed by atoms with van der Waals surface area (Å²) in [5, 5.41) is 0. The number of carbonyl (C=O) groups is 1. The van der Waals surface area contributed by atoms with Gasteiger partial charge in [-0.25, -0.2) is 13.2 Å². The number of sulfonamides is 1. The van der Waals surface area contributed by atoms with Crippen LogP contribution in [0.1, 0.15) is 23.7 Å². The number of hydrogen-bond acceptors (Lipinski definition) is 4. The van der Waals surface area contributed by atoms with E-state index in [0.717, 1.165) is 9.99 Å². The van der Waals surface area contributed by atoms with Gasteiger partial charge in [0.25, 0.3) is 10.0 Å². The Hall–Kier alpha value is -1.61. The van der Waals surface area contributed by atoms with Crippen LogP contribution in [-0.2, 0) is 14.8 Å². The van der Waals surface area contributed by atoms with E-state index in [0.29, 0.717) is 17.9 Å². The molecule has 0 spiro atoms. The Morgan fingerprint density at radius 3 is 2.26 bits per heavy atom. The standard InChI is InChI=1S/C16H16INO4S/c1-2-11-22-16(19)12-3-7-14(8-4-12)18-23(20,21)15-9-5-13(17)6-10-15/h3-10,18H,2,11H2,1H3. The molecule has 23 heavy (non-hydrogen) atoms. The second-order valence-electron chi connectivity index (χ2n) is 4.77. The molecule has 2 aromatic rings. The van der Waals surface area contributed by atoms with Gasteiger partial charge < -0.3 is 4.74 Å². The minimum absolute atomic E-state index is 0.185. The number of hydrogen-bond donors (Lipinski definition) is 1. The molecule has 0 unspecified atom stereocenters. The lowest BCUT2D eigenvalue weighted by Gasteiger charge is -2.09. The zero-order valence-electron chi connectivity index (χ0n) is 12.5. The van der Waals surface area contributed by atoms with Crippen molar-refractivity contribution in [2.75, 3.05) is 11.3 Å². The predicted molar refractivity (Wildman–Crippen MR) is 97.0 cm³/mol. The first-order valence-electron chi connectivity index (χ1n) is 6.98. The van der Waals surface area contributed by atoms with Crippen molar-refractivity contribution in [2.24, 2.45) is 0 Å². The first kappa shape index (κ1) is 17.7. The summed E-state index contributed by atoms with van der Waals surface area (Å²) >= 11 is 2.11. The molecule has 7 heteroatoms. The maximum atomic E-state index is 12.3. The monoisotopic (exact) mass is 445 g/mol. The fraction of sp³-hybridized carbons (Fsp3) is 0.188. The molecule has 0 saturated heterocycles. The fourth-order valence-electron chi connectivity index (χ4n) is 1.78. The zero-order valence-corrected chi connectivity index (χ0v) is 15.4. The van der Waals surface area contributed by atoms with Crippen molar-refractivity contribution < 1.29 is 17.9 Å². The SMILES string of the molecule is CCCOC(=O)c1ccc(NS(=O)(=O)c2ccc(I)cc2)cc1. The largest absolute Gasteiger partial charge is 0.462 e. The molecule has 0 fully saturated rings. The van der Waals surface area contributed by atoms with E-state index in [2.05, 4.69) is 27.3 Å². The summed E-state index contributed by atoms with van der Waals surface area (Å²) in [6.07, 6.45) is 0.750. The van der Waals surface area contributed by atoms with E-state index in [1.807, 2.05) is 6.92 Å². The Kier molecular flexibility index (Phi) is 6.00. The summed E-state index contributed by atoms with van der Waals surface area (Å²) in [4.78, 5) is 11.9. The molecule has 0 aliphatic carbocycles. The van der Waals surface area contributed by atoms with Gasteiger partial charge in [-0.1, -0.05) is 6.92 Å². The number of esters is 1. The van der Waals surface area contributed by atoms with E-state index < -0.39 is 16.0 Å². The molecule has 5 nitrogen and oxygen atoms in total. The van der Waals surface area contributed by atoms with Crippen molar-refractivity contribution in [1.82, 2.24) is 0 Å². The highest BCUT2D eigenvalue weighted by atomic mass is 127. The van der Waals surface area contributed by atoms with Crippen LogP contribution in [0.15, 0.2) is 53.4 Å². The molecule has 1 N–H and O–H groups in total. The topological polar surface area (TPSA) is 72.5 Å². The van der Waals surface area contributed by atoms with Crippen LogP contribution in [0.25, 0.3) is 0 Å². The molecule has 122 valence electrons. The third-order valence-corrected chi connectivity index (χ3v) is 5.05. The van der Waals surface area contributed by atoms with Gasteiger partial charge in [-0.15, -0.1) is 0 Å². The van der Waals surface area contributed by atoms with E-state index in [1.54, 1.807) is 24.3 Å². The second kappa shape index (κ2) is 7.78. The molecular formula is C16H16INO4S. The molecule has 0 atom stereocenters. The van der Waals surface area contributed by atoms with Gasteiger partial charge in [0.1, 0.15) is 0 Å². The normalized spacial score (nSPS) is 11.0. The Labute approximate surface area is 149 Å². The molecule has 2 rings (SSSR count). The van der Waals surface area contributed by atoms with Crippen molar-refractivity contribution in [2.45, 2.75) is 18.2 Å². The highest BCUT2D eigenvalue weighted by molar-refractivity contribution is 14.1. The van der Waals surface area contributed by atoms with E-state index in [9.17, 15) is 13.2 Å². The molecule has 0 bridgehead atoms. The summed E-state index contributed by atoms with van der Waals surface area (Å²) in [7, 11) is -3.65. The van der Waals surface area contributed by atoms with Crippen LogP contribution in [0.4, 0.5) is 5.69 Å². The Balaban J connectivity index is 2.11. The van der Waals surface area contributed by atoms with E-state index in [1.165, 1.54) is 24.3 Å². The highest BCUT2D eigenvalue weighted by Gasteiger charge is 2.14. The van der Waals surface area contributed by atoms with Crippen LogP contribution in [-0.4, -0.2) is 21.0 Å². The lowest BCUT2D eigenvalue weighted by molar-refractivity contribution is 0.0505. The van der Waals surface area contributed by atoms with Gasteiger partial charge in [0.05, 0.1) is 17.1 Å². The fourth-order valence-corrected chi connectivity index (χ4v) is 3.20. The number of carbonyl (C=O) groups excluding carboxylic acids is 1. The summed E-state index contributed by atoms with van der Waals surface area (Å²) in [5.74, 6) is -0.418. The summed E-state index contributed by atoms with van der Waals surface area (Å²) < 4.78 is 33.0. The minimum Gasteiger partial charge on any atom is -0.462 e. The average molecular weight is 445 g/mol. The number of benzene rings is 2. The predicted octanol–water partition coefficient (Wildman–Crippen LogP) is 3.66. The van der Waals surface area contributed by atoms with Crippen molar-refractivity contribution in [1.29, 1.82) is 0 Å². The van der Waals surface area contributed by atoms with E-state index in [-0.39, 0.29) is 4.90 Å². The van der Waals surface area contributed by atoms with Crippen LogP contribution in [0.3, 0.4) is 0 Å². The maximum absolute atomic E-state index is 12.3. The van der Waals surface area contributed by atoms with E-state index >= 15 is 0 Å². The second-order valence-corrected chi connectivity index (χ2v) is 7.70. The number of halogens is 1. The van der Waals surface area contributed by atoms with Gasteiger partial charge in [0.15, 0.2) is 0 Å². The molecule has 2 aromatic carbocycles. The van der Waals surface area contributed by atoms with Gasteiger partial charge in [0, 0.05) is 9.26 Å². The van der Waals surface area contributed by atoms with Crippen LogP contribution in [0, 0.1) is 3.57 Å². The number of nitrogens with one attached hydrogen (secondary N) is 1. The summed E-state index contributed by atoms with van der Waals surface area (Å²) in [5.41, 5.74) is 0.770. The molecule has 0 aliphatic rings. The van der Waals surface area contributed by atoms with Gasteiger partial charge >= 0.3 is 5.97 Å². The van der Waals surface area contributed by atoms with Crippen LogP contribution in [0.5, 0.6) is 0 Å². The summed E-state index contributed by atoms with van der Waals surface area (Å²) in [6, 6.07) is 12.7. The average Bonchev–Trinajstić information content (AvgIpc) is 2.53. The van der Waals surface area contributed by atoms with Gasteiger partial charge in [0.2, 0.25) is 0 Å². The van der Waals surface area contributed by atoms with Crippen molar-refractivity contribution >= 4 is 44.3 Å². The number of rotatable bonds is 6. The van der Waals surface area contributed by atoms with Gasteiger partial charge in [-0.2, -0.15) is 0 Å². The quantitative estimate of drug-likeness (QED) is 0.544. The molecule has 0 saturated carbocycles. The first-order valence-corrected chi connectivity index (χ1v) is 9.54. The van der Waals surface area contributed by atoms with Gasteiger partial charge in [-0.3, -0.25) is 4.72 Å². The van der Waals surface area contributed by atoms with E-state index in [4.69, 9.17) is 4.74 Å². The lowest BCUT2D eigenvalue weighted by Crippen LogP contribution is -2.13. The Morgan fingerprint density at radius 1 is 1.09 bits per heavy atom. The number of anilines is 1. The molecule has 0 amide bonds. The third kappa shape index (κ3) is 4.93. The van der Waals surface area contributed by atoms with Gasteiger partial charge in [-0.05, 0) is 77.5 Å². The Bertz CT molecular complexity index is 771.